The van der Waals surface area contributed by atoms with E-state index in [1.165, 1.54) is 0 Å². The van der Waals surface area contributed by atoms with Crippen molar-refractivity contribution in [3.8, 4) is 0 Å². The van der Waals surface area contributed by atoms with Gasteiger partial charge >= 0.3 is 5.97 Å². The number of nitrogens with zero attached hydrogens (tertiary/aromatic N) is 2. The van der Waals surface area contributed by atoms with E-state index in [0.29, 0.717) is 29.1 Å². The smallest absolute Gasteiger partial charge is 0.340 e. The van der Waals surface area contributed by atoms with Gasteiger partial charge in [-0.25, -0.2) is 4.79 Å². The molecular formula is C18H19N3O3. The van der Waals surface area contributed by atoms with E-state index in [2.05, 4.69) is 10.3 Å². The van der Waals surface area contributed by atoms with Crippen LogP contribution in [0, 0.1) is 13.8 Å². The second kappa shape index (κ2) is 5.96. The number of ether oxygens (including phenoxy) is 1. The summed E-state index contributed by atoms with van der Waals surface area (Å²) in [6, 6.07) is 3.59. The Morgan fingerprint density at radius 1 is 1.42 bits per heavy atom. The first-order valence-corrected chi connectivity index (χ1v) is 7.77. The Bertz CT molecular complexity index is 878. The minimum atomic E-state index is -0.345. The normalized spacial score (nSPS) is 14.7. The van der Waals surface area contributed by atoms with Crippen molar-refractivity contribution >= 4 is 29.2 Å². The van der Waals surface area contributed by atoms with Crippen molar-refractivity contribution in [2.24, 2.45) is 7.05 Å². The van der Waals surface area contributed by atoms with E-state index in [1.807, 2.05) is 31.5 Å². The highest BCUT2D eigenvalue weighted by Crippen LogP contribution is 2.32. The van der Waals surface area contributed by atoms with Crippen LogP contribution in [-0.2, 0) is 16.6 Å². The summed E-state index contributed by atoms with van der Waals surface area (Å²) in [5.74, 6) is -0.540. The number of rotatable bonds is 3. The van der Waals surface area contributed by atoms with Crippen molar-refractivity contribution in [2.45, 2.75) is 20.8 Å². The Morgan fingerprint density at radius 2 is 2.17 bits per heavy atom. The van der Waals surface area contributed by atoms with Crippen LogP contribution in [0.25, 0.3) is 11.6 Å². The van der Waals surface area contributed by atoms with Gasteiger partial charge in [-0.3, -0.25) is 9.78 Å². The summed E-state index contributed by atoms with van der Waals surface area (Å²) in [4.78, 5) is 28.8. The number of fused-ring (bicyclic) bond motifs is 1. The zero-order chi connectivity index (χ0) is 17.4. The Kier molecular flexibility index (Phi) is 3.97. The molecule has 124 valence electrons. The van der Waals surface area contributed by atoms with Gasteiger partial charge in [-0.2, -0.15) is 0 Å². The lowest BCUT2D eigenvalue weighted by molar-refractivity contribution is -0.110. The largest absolute Gasteiger partial charge is 0.462 e. The van der Waals surface area contributed by atoms with Gasteiger partial charge in [0.25, 0.3) is 5.91 Å². The van der Waals surface area contributed by atoms with Crippen molar-refractivity contribution in [3.05, 3.63) is 46.5 Å². The third-order valence-corrected chi connectivity index (χ3v) is 4.30. The van der Waals surface area contributed by atoms with Crippen LogP contribution in [0.3, 0.4) is 0 Å². The fourth-order valence-electron chi connectivity index (χ4n) is 3.00. The van der Waals surface area contributed by atoms with Gasteiger partial charge in [0.1, 0.15) is 0 Å². The number of anilines is 1. The molecule has 0 spiro atoms. The zero-order valence-corrected chi connectivity index (χ0v) is 14.1. The molecule has 2 aromatic heterocycles. The van der Waals surface area contributed by atoms with E-state index in [4.69, 9.17) is 4.74 Å². The molecule has 1 amide bonds. The molecule has 0 fully saturated rings. The molecule has 6 heteroatoms. The Morgan fingerprint density at radius 3 is 2.88 bits per heavy atom. The maximum absolute atomic E-state index is 12.3. The molecule has 0 bridgehead atoms. The minimum absolute atomic E-state index is 0.195. The number of amides is 1. The number of esters is 1. The van der Waals surface area contributed by atoms with Crippen molar-refractivity contribution in [1.29, 1.82) is 0 Å². The molecule has 0 atom stereocenters. The number of nitrogens with one attached hydrogen (secondary N) is 1. The lowest BCUT2D eigenvalue weighted by Gasteiger charge is -2.03. The third-order valence-electron chi connectivity index (χ3n) is 4.30. The molecule has 0 saturated heterocycles. The average molecular weight is 325 g/mol. The summed E-state index contributed by atoms with van der Waals surface area (Å²) in [7, 11) is 1.86. The molecule has 0 saturated carbocycles. The van der Waals surface area contributed by atoms with Crippen LogP contribution >= 0.6 is 0 Å². The van der Waals surface area contributed by atoms with Crippen LogP contribution in [0.1, 0.15) is 39.9 Å². The first-order valence-electron chi connectivity index (χ1n) is 7.77. The summed E-state index contributed by atoms with van der Waals surface area (Å²) in [6.45, 7) is 5.82. The van der Waals surface area contributed by atoms with Gasteiger partial charge < -0.3 is 14.6 Å². The number of pyridine rings is 1. The van der Waals surface area contributed by atoms with Crippen LogP contribution in [0.15, 0.2) is 18.3 Å². The molecule has 1 aliphatic heterocycles. The van der Waals surface area contributed by atoms with Crippen LogP contribution in [0.5, 0.6) is 0 Å². The Balaban J connectivity index is 2.13. The predicted octanol–water partition coefficient (Wildman–Crippen LogP) is 2.71. The molecule has 1 aliphatic rings. The Hall–Kier alpha value is -2.89. The van der Waals surface area contributed by atoms with E-state index in [0.717, 1.165) is 17.0 Å². The molecule has 0 aromatic carbocycles. The van der Waals surface area contributed by atoms with Gasteiger partial charge in [-0.1, -0.05) is 0 Å². The Labute approximate surface area is 140 Å². The van der Waals surface area contributed by atoms with Crippen LogP contribution in [0.4, 0.5) is 5.69 Å². The van der Waals surface area contributed by atoms with Gasteiger partial charge in [0, 0.05) is 24.6 Å². The molecule has 0 aliphatic carbocycles. The van der Waals surface area contributed by atoms with Crippen molar-refractivity contribution in [1.82, 2.24) is 9.55 Å². The lowest BCUT2D eigenvalue weighted by Crippen LogP contribution is -2.07. The number of hydrogen-bond donors (Lipinski definition) is 1. The highest BCUT2D eigenvalue weighted by Gasteiger charge is 2.27. The lowest BCUT2D eigenvalue weighted by atomic mass is 10.1. The molecule has 2 aromatic rings. The summed E-state index contributed by atoms with van der Waals surface area (Å²) in [5, 5.41) is 2.80. The molecule has 0 unspecified atom stereocenters. The molecule has 24 heavy (non-hydrogen) atoms. The second-order valence-electron chi connectivity index (χ2n) is 5.66. The van der Waals surface area contributed by atoms with Gasteiger partial charge in [-0.05, 0) is 44.5 Å². The summed E-state index contributed by atoms with van der Waals surface area (Å²) in [6.07, 6.45) is 3.43. The second-order valence-corrected chi connectivity index (χ2v) is 5.66. The zero-order valence-electron chi connectivity index (χ0n) is 14.1. The number of hydrogen-bond acceptors (Lipinski definition) is 4. The maximum atomic E-state index is 12.3. The molecule has 1 N–H and O–H groups in total. The van der Waals surface area contributed by atoms with Crippen molar-refractivity contribution < 1.29 is 14.3 Å². The quantitative estimate of drug-likeness (QED) is 0.695. The first-order chi connectivity index (χ1) is 11.5. The highest BCUT2D eigenvalue weighted by atomic mass is 16.5. The molecule has 3 heterocycles. The number of carbonyl (C=O) groups excluding carboxylic acids is 2. The minimum Gasteiger partial charge on any atom is -0.462 e. The van der Waals surface area contributed by atoms with E-state index < -0.39 is 0 Å². The number of aromatic nitrogens is 2. The first kappa shape index (κ1) is 16.0. The maximum Gasteiger partial charge on any atom is 0.340 e. The fourth-order valence-corrected chi connectivity index (χ4v) is 3.00. The van der Waals surface area contributed by atoms with Gasteiger partial charge in [0.2, 0.25) is 0 Å². The molecule has 6 nitrogen and oxygen atoms in total. The van der Waals surface area contributed by atoms with Crippen molar-refractivity contribution in [2.75, 3.05) is 11.9 Å². The van der Waals surface area contributed by atoms with Crippen LogP contribution in [-0.4, -0.2) is 28.0 Å². The van der Waals surface area contributed by atoms with Gasteiger partial charge in [0.15, 0.2) is 0 Å². The van der Waals surface area contributed by atoms with Crippen LogP contribution in [0.2, 0.25) is 0 Å². The van der Waals surface area contributed by atoms with Crippen LogP contribution < -0.4 is 5.32 Å². The predicted molar refractivity (Wildman–Crippen MR) is 91.6 cm³/mol. The SMILES string of the molecule is CCOC(=O)c1c(C)c(C=C2C(=O)Nc3cccnc32)n(C)c1C. The standard InChI is InChI=1S/C18H19N3O3/c1-5-24-18(23)15-10(2)14(21(4)11(15)3)9-12-16-13(20-17(12)22)7-6-8-19-16/h6-9H,5H2,1-4H3,(H,20,22). The van der Waals surface area contributed by atoms with Gasteiger partial charge in [-0.15, -0.1) is 0 Å². The molecule has 3 rings (SSSR count). The molecule has 0 radical (unpaired) electrons. The summed E-state index contributed by atoms with van der Waals surface area (Å²) in [5.41, 5.74) is 4.74. The fraction of sp³-hybridized carbons (Fsp3) is 0.278. The molecular weight excluding hydrogens is 306 g/mol. The van der Waals surface area contributed by atoms with E-state index in [1.54, 1.807) is 25.3 Å². The third kappa shape index (κ3) is 2.40. The van der Waals surface area contributed by atoms with E-state index in [-0.39, 0.29) is 11.9 Å². The monoisotopic (exact) mass is 325 g/mol. The van der Waals surface area contributed by atoms with Gasteiger partial charge in [0.05, 0.1) is 29.1 Å². The van der Waals surface area contributed by atoms with E-state index in [9.17, 15) is 9.59 Å². The summed E-state index contributed by atoms with van der Waals surface area (Å²) >= 11 is 0. The average Bonchev–Trinajstić information content (AvgIpc) is 2.97. The summed E-state index contributed by atoms with van der Waals surface area (Å²) < 4.78 is 7.03. The number of carbonyl (C=O) groups is 2. The highest BCUT2D eigenvalue weighted by molar-refractivity contribution is 6.34. The topological polar surface area (TPSA) is 73.2 Å². The van der Waals surface area contributed by atoms with E-state index >= 15 is 0 Å². The van der Waals surface area contributed by atoms with Crippen molar-refractivity contribution in [3.63, 3.8) is 0 Å².